The first-order valence-corrected chi connectivity index (χ1v) is 10.6. The number of hydrogen-bond donors (Lipinski definition) is 2. The lowest BCUT2D eigenvalue weighted by molar-refractivity contribution is -0.116. The summed E-state index contributed by atoms with van der Waals surface area (Å²) in [7, 11) is 1.60. The number of hydrogen-bond acceptors (Lipinski definition) is 6. The van der Waals surface area contributed by atoms with Crippen LogP contribution in [0.4, 0.5) is 10.5 Å². The monoisotopic (exact) mass is 456 g/mol. The Hall–Kier alpha value is -3.17. The Kier molecular flexibility index (Phi) is 7.43. The minimum absolute atomic E-state index is 0.148. The van der Waals surface area contributed by atoms with Crippen LogP contribution in [0.5, 0.6) is 5.75 Å². The molecule has 1 fully saturated rings. The molecule has 1 aliphatic heterocycles. The van der Waals surface area contributed by atoms with Gasteiger partial charge in [-0.3, -0.25) is 14.5 Å². The third kappa shape index (κ3) is 5.93. The molecular weight excluding hydrogens is 436 g/mol. The first kappa shape index (κ1) is 22.5. The molecule has 2 aromatic rings. The third-order valence-electron chi connectivity index (χ3n) is 4.49. The van der Waals surface area contributed by atoms with Gasteiger partial charge in [-0.05, 0) is 66.2 Å². The zero-order chi connectivity index (χ0) is 22.4. The van der Waals surface area contributed by atoms with Gasteiger partial charge in [-0.1, -0.05) is 24.4 Å². The number of nitrogens with zero attached hydrogens (tertiary/aromatic N) is 1. The number of aromatic carboxylic acids is 1. The molecule has 0 saturated carbocycles. The predicted octanol–water partition coefficient (Wildman–Crippen LogP) is 4.65. The van der Waals surface area contributed by atoms with E-state index in [9.17, 15) is 14.4 Å². The highest BCUT2D eigenvalue weighted by Gasteiger charge is 2.31. The number of benzene rings is 2. The Morgan fingerprint density at radius 2 is 1.84 bits per heavy atom. The van der Waals surface area contributed by atoms with Gasteiger partial charge in [0, 0.05) is 18.7 Å². The highest BCUT2D eigenvalue weighted by atomic mass is 32.2. The quantitative estimate of drug-likeness (QED) is 0.441. The maximum absolute atomic E-state index is 12.3. The molecule has 1 aliphatic rings. The third-order valence-corrected chi connectivity index (χ3v) is 5.98. The van der Waals surface area contributed by atoms with E-state index >= 15 is 0 Å². The number of thiocarbonyl (C=S) groups is 1. The van der Waals surface area contributed by atoms with Crippen LogP contribution in [0.15, 0.2) is 53.4 Å². The maximum atomic E-state index is 12.3. The molecule has 2 N–H and O–H groups in total. The van der Waals surface area contributed by atoms with Gasteiger partial charge in [-0.15, -0.1) is 0 Å². The van der Waals surface area contributed by atoms with Crippen LogP contribution < -0.4 is 10.1 Å². The lowest BCUT2D eigenvalue weighted by Crippen LogP contribution is -2.28. The second-order valence-electron chi connectivity index (χ2n) is 6.64. The zero-order valence-electron chi connectivity index (χ0n) is 16.7. The second kappa shape index (κ2) is 10.2. The Labute approximate surface area is 189 Å². The maximum Gasteiger partial charge on any atom is 0.335 e. The standard InChI is InChI=1S/C22H20N2O5S2/c1-29-17-10-4-14(5-11-17)13-18-20(30)24(22(28)31-18)12-2-3-19(25)23-16-8-6-15(7-9-16)21(26)27/h4-11,13H,2-3,12H2,1H3,(H,23,25)(H,26,27)/b18-13+. The van der Waals surface area contributed by atoms with Crippen molar-refractivity contribution < 1.29 is 24.2 Å². The molecule has 0 aromatic heterocycles. The zero-order valence-corrected chi connectivity index (χ0v) is 18.3. The summed E-state index contributed by atoms with van der Waals surface area (Å²) < 4.78 is 5.14. The van der Waals surface area contributed by atoms with E-state index in [1.807, 2.05) is 30.3 Å². The number of carboxylic acids is 1. The number of thioether (sulfide) groups is 1. The molecule has 1 saturated heterocycles. The number of anilines is 1. The van der Waals surface area contributed by atoms with Crippen LogP contribution in [0.2, 0.25) is 0 Å². The summed E-state index contributed by atoms with van der Waals surface area (Å²) in [5.41, 5.74) is 1.58. The van der Waals surface area contributed by atoms with Gasteiger partial charge < -0.3 is 15.2 Å². The first-order chi connectivity index (χ1) is 14.9. The average molecular weight is 457 g/mol. The van der Waals surface area contributed by atoms with Crippen LogP contribution in [-0.2, 0) is 4.79 Å². The van der Waals surface area contributed by atoms with Crippen LogP contribution in [-0.4, -0.2) is 45.8 Å². The minimum Gasteiger partial charge on any atom is -0.497 e. The van der Waals surface area contributed by atoms with E-state index in [-0.39, 0.29) is 23.1 Å². The number of carbonyl (C=O) groups excluding carboxylic acids is 2. The van der Waals surface area contributed by atoms with E-state index in [1.165, 1.54) is 29.2 Å². The van der Waals surface area contributed by atoms with Crippen LogP contribution >= 0.6 is 24.0 Å². The number of amides is 2. The minimum atomic E-state index is -1.03. The van der Waals surface area contributed by atoms with E-state index in [1.54, 1.807) is 7.11 Å². The van der Waals surface area contributed by atoms with Gasteiger partial charge in [0.25, 0.3) is 5.24 Å². The van der Waals surface area contributed by atoms with Crippen LogP contribution in [0, 0.1) is 0 Å². The highest BCUT2D eigenvalue weighted by molar-refractivity contribution is 8.19. The number of nitrogens with one attached hydrogen (secondary N) is 1. The lowest BCUT2D eigenvalue weighted by Gasteiger charge is -2.14. The van der Waals surface area contributed by atoms with Gasteiger partial charge >= 0.3 is 5.97 Å². The molecule has 31 heavy (non-hydrogen) atoms. The van der Waals surface area contributed by atoms with Crippen molar-refractivity contribution in [1.29, 1.82) is 0 Å². The summed E-state index contributed by atoms with van der Waals surface area (Å²) in [4.78, 5) is 38.0. The molecule has 0 atom stereocenters. The fraction of sp³-hybridized carbons (Fsp3) is 0.182. The Bertz CT molecular complexity index is 1030. The lowest BCUT2D eigenvalue weighted by atomic mass is 10.2. The van der Waals surface area contributed by atoms with Gasteiger partial charge in [-0.2, -0.15) is 0 Å². The average Bonchev–Trinajstić information content (AvgIpc) is 3.02. The molecule has 1 heterocycles. The molecule has 3 rings (SSSR count). The molecule has 0 radical (unpaired) electrons. The van der Waals surface area contributed by atoms with Gasteiger partial charge in [0.15, 0.2) is 0 Å². The topological polar surface area (TPSA) is 95.9 Å². The Morgan fingerprint density at radius 1 is 1.16 bits per heavy atom. The summed E-state index contributed by atoms with van der Waals surface area (Å²) in [6, 6.07) is 13.4. The van der Waals surface area contributed by atoms with Crippen molar-refractivity contribution in [2.75, 3.05) is 19.0 Å². The smallest absolute Gasteiger partial charge is 0.335 e. The molecule has 0 unspecified atom stereocenters. The number of methoxy groups -OCH3 is 1. The van der Waals surface area contributed by atoms with Crippen LogP contribution in [0.25, 0.3) is 6.08 Å². The number of carbonyl (C=O) groups is 3. The molecule has 7 nitrogen and oxygen atoms in total. The van der Waals surface area contributed by atoms with Gasteiger partial charge in [0.1, 0.15) is 10.7 Å². The van der Waals surface area contributed by atoms with Crippen molar-refractivity contribution in [1.82, 2.24) is 4.90 Å². The van der Waals surface area contributed by atoms with Crippen LogP contribution in [0.1, 0.15) is 28.8 Å². The Balaban J connectivity index is 1.51. The molecule has 0 bridgehead atoms. The summed E-state index contributed by atoms with van der Waals surface area (Å²) in [5, 5.41) is 11.5. The summed E-state index contributed by atoms with van der Waals surface area (Å²) >= 11 is 6.53. The van der Waals surface area contributed by atoms with E-state index in [4.69, 9.17) is 22.1 Å². The van der Waals surface area contributed by atoms with E-state index in [0.717, 1.165) is 23.1 Å². The highest BCUT2D eigenvalue weighted by Crippen LogP contribution is 2.33. The van der Waals surface area contributed by atoms with E-state index in [2.05, 4.69) is 5.32 Å². The van der Waals surface area contributed by atoms with Gasteiger partial charge in [0.05, 0.1) is 17.6 Å². The molecule has 2 aromatic carbocycles. The summed E-state index contributed by atoms with van der Waals surface area (Å²) in [6.07, 6.45) is 2.51. The van der Waals surface area contributed by atoms with Crippen molar-refractivity contribution in [3.63, 3.8) is 0 Å². The summed E-state index contributed by atoms with van der Waals surface area (Å²) in [6.45, 7) is 0.343. The summed E-state index contributed by atoms with van der Waals surface area (Å²) in [5.74, 6) is -0.498. The Morgan fingerprint density at radius 3 is 2.45 bits per heavy atom. The van der Waals surface area contributed by atoms with Gasteiger partial charge in [-0.25, -0.2) is 4.79 Å². The molecular formula is C22H20N2O5S2. The molecule has 0 spiro atoms. The first-order valence-electron chi connectivity index (χ1n) is 9.40. The molecule has 2 amide bonds. The van der Waals surface area contributed by atoms with Gasteiger partial charge in [0.2, 0.25) is 5.91 Å². The van der Waals surface area contributed by atoms with E-state index in [0.29, 0.717) is 28.5 Å². The van der Waals surface area contributed by atoms with Crippen molar-refractivity contribution in [2.45, 2.75) is 12.8 Å². The second-order valence-corrected chi connectivity index (χ2v) is 8.02. The van der Waals surface area contributed by atoms with Crippen LogP contribution in [0.3, 0.4) is 0 Å². The van der Waals surface area contributed by atoms with Crippen molar-refractivity contribution in [3.05, 3.63) is 64.6 Å². The number of carboxylic acid groups (broad SMARTS) is 1. The van der Waals surface area contributed by atoms with Crippen molar-refractivity contribution >= 4 is 57.8 Å². The predicted molar refractivity (Wildman–Crippen MR) is 125 cm³/mol. The normalized spacial score (nSPS) is 14.7. The fourth-order valence-corrected chi connectivity index (χ4v) is 4.15. The van der Waals surface area contributed by atoms with E-state index < -0.39 is 5.97 Å². The van der Waals surface area contributed by atoms with Crippen molar-refractivity contribution in [2.24, 2.45) is 0 Å². The van der Waals surface area contributed by atoms with Crippen molar-refractivity contribution in [3.8, 4) is 5.75 Å². The molecule has 9 heteroatoms. The molecule has 160 valence electrons. The molecule has 0 aliphatic carbocycles. The largest absolute Gasteiger partial charge is 0.497 e. The fourth-order valence-electron chi connectivity index (χ4n) is 2.86. The number of ether oxygens (including phenoxy) is 1. The number of rotatable bonds is 8. The SMILES string of the molecule is COc1ccc(/C=C2/SC(=O)N(CCCC(=O)Nc3ccc(C(=O)O)cc3)C2=S)cc1.